The Morgan fingerprint density at radius 1 is 1.21 bits per heavy atom. The van der Waals surface area contributed by atoms with Gasteiger partial charge in [-0.2, -0.15) is 0 Å². The second-order valence-corrected chi connectivity index (χ2v) is 6.15. The van der Waals surface area contributed by atoms with Gasteiger partial charge >= 0.3 is 0 Å². The molecule has 2 aliphatic rings. The first kappa shape index (κ1) is 15.2. The van der Waals surface area contributed by atoms with Crippen LogP contribution >= 0.6 is 0 Å². The third-order valence-electron chi connectivity index (χ3n) is 4.93. The van der Waals surface area contributed by atoms with Crippen molar-refractivity contribution in [2.75, 3.05) is 33.4 Å². The number of nitrogens with two attached hydrogens (primary N) is 1. The second-order valence-electron chi connectivity index (χ2n) is 6.15. The summed E-state index contributed by atoms with van der Waals surface area (Å²) in [4.78, 5) is 2.45. The van der Waals surface area contributed by atoms with Gasteiger partial charge in [-0.3, -0.25) is 4.90 Å². The van der Waals surface area contributed by atoms with Gasteiger partial charge in [0.2, 0.25) is 0 Å². The number of hydrogen-bond acceptors (Lipinski definition) is 4. The van der Waals surface area contributed by atoms with Gasteiger partial charge < -0.3 is 15.2 Å². The molecule has 2 saturated heterocycles. The van der Waals surface area contributed by atoms with Crippen molar-refractivity contribution in [2.24, 2.45) is 5.73 Å². The molecule has 0 aromatic rings. The van der Waals surface area contributed by atoms with Crippen LogP contribution in [0.25, 0.3) is 0 Å². The van der Waals surface area contributed by atoms with Crippen molar-refractivity contribution >= 4 is 0 Å². The minimum absolute atomic E-state index is 0.111. The van der Waals surface area contributed by atoms with Crippen LogP contribution in [0.1, 0.15) is 45.4 Å². The molecule has 0 bridgehead atoms. The van der Waals surface area contributed by atoms with Crippen molar-refractivity contribution in [3.63, 3.8) is 0 Å². The summed E-state index contributed by atoms with van der Waals surface area (Å²) in [6.07, 6.45) is 7.65. The SMILES string of the molecule is CCC1CC(CN)(N(C)CC2CCCCO2)CCO1. The van der Waals surface area contributed by atoms with Crippen molar-refractivity contribution < 1.29 is 9.47 Å². The lowest BCUT2D eigenvalue weighted by Gasteiger charge is -2.47. The van der Waals surface area contributed by atoms with Crippen LogP contribution in [0, 0.1) is 0 Å². The van der Waals surface area contributed by atoms with E-state index in [1.807, 2.05) is 0 Å². The van der Waals surface area contributed by atoms with Gasteiger partial charge in [-0.05, 0) is 45.6 Å². The fourth-order valence-corrected chi connectivity index (χ4v) is 3.40. The van der Waals surface area contributed by atoms with Crippen LogP contribution in [-0.2, 0) is 9.47 Å². The van der Waals surface area contributed by atoms with Crippen molar-refractivity contribution in [3.8, 4) is 0 Å². The molecular weight excluding hydrogens is 240 g/mol. The van der Waals surface area contributed by atoms with Crippen LogP contribution < -0.4 is 5.73 Å². The van der Waals surface area contributed by atoms with Gasteiger partial charge in [0.05, 0.1) is 12.2 Å². The quantitative estimate of drug-likeness (QED) is 0.827. The second kappa shape index (κ2) is 7.02. The number of nitrogens with zero attached hydrogens (tertiary/aromatic N) is 1. The van der Waals surface area contributed by atoms with Crippen LogP contribution in [0.4, 0.5) is 0 Å². The smallest absolute Gasteiger partial charge is 0.0702 e. The van der Waals surface area contributed by atoms with E-state index in [0.717, 1.165) is 45.6 Å². The minimum Gasteiger partial charge on any atom is -0.378 e. The number of ether oxygens (including phenoxy) is 2. The molecule has 0 amide bonds. The summed E-state index contributed by atoms with van der Waals surface area (Å²) in [5, 5.41) is 0. The highest BCUT2D eigenvalue weighted by Crippen LogP contribution is 2.31. The molecule has 19 heavy (non-hydrogen) atoms. The molecule has 2 rings (SSSR count). The largest absolute Gasteiger partial charge is 0.378 e. The molecule has 3 atom stereocenters. The van der Waals surface area contributed by atoms with Crippen LogP contribution in [0.5, 0.6) is 0 Å². The molecule has 2 heterocycles. The lowest BCUT2D eigenvalue weighted by atomic mass is 9.84. The lowest BCUT2D eigenvalue weighted by Crippen LogP contribution is -2.58. The summed E-state index contributed by atoms with van der Waals surface area (Å²) >= 11 is 0. The van der Waals surface area contributed by atoms with E-state index >= 15 is 0 Å². The zero-order valence-corrected chi connectivity index (χ0v) is 12.6. The molecule has 2 aliphatic heterocycles. The van der Waals surface area contributed by atoms with Crippen LogP contribution in [0.3, 0.4) is 0 Å². The molecule has 3 unspecified atom stereocenters. The van der Waals surface area contributed by atoms with E-state index in [9.17, 15) is 0 Å². The Labute approximate surface area is 117 Å². The molecule has 2 fully saturated rings. The highest BCUT2D eigenvalue weighted by Gasteiger charge is 2.39. The molecule has 112 valence electrons. The average molecular weight is 270 g/mol. The minimum atomic E-state index is 0.111. The van der Waals surface area contributed by atoms with Crippen LogP contribution in [-0.4, -0.2) is 56.0 Å². The molecule has 0 spiro atoms. The van der Waals surface area contributed by atoms with Gasteiger partial charge in [0.25, 0.3) is 0 Å². The van der Waals surface area contributed by atoms with Gasteiger partial charge in [-0.1, -0.05) is 6.92 Å². The van der Waals surface area contributed by atoms with E-state index in [1.54, 1.807) is 0 Å². The summed E-state index contributed by atoms with van der Waals surface area (Å²) in [6.45, 7) is 5.69. The Morgan fingerprint density at radius 2 is 2.00 bits per heavy atom. The van der Waals surface area contributed by atoms with Crippen molar-refractivity contribution in [2.45, 2.75) is 63.2 Å². The van der Waals surface area contributed by atoms with E-state index in [0.29, 0.717) is 12.2 Å². The summed E-state index contributed by atoms with van der Waals surface area (Å²) in [6, 6.07) is 0. The van der Waals surface area contributed by atoms with E-state index in [2.05, 4.69) is 18.9 Å². The monoisotopic (exact) mass is 270 g/mol. The van der Waals surface area contributed by atoms with Crippen LogP contribution in [0.15, 0.2) is 0 Å². The Hall–Kier alpha value is -0.160. The fourth-order valence-electron chi connectivity index (χ4n) is 3.40. The maximum atomic E-state index is 6.12. The Morgan fingerprint density at radius 3 is 2.63 bits per heavy atom. The molecule has 4 nitrogen and oxygen atoms in total. The zero-order chi connectivity index (χ0) is 13.7. The van der Waals surface area contributed by atoms with Gasteiger partial charge in [0.15, 0.2) is 0 Å². The summed E-state index contributed by atoms with van der Waals surface area (Å²) in [5.74, 6) is 0. The molecule has 4 heteroatoms. The first-order chi connectivity index (χ1) is 9.20. The predicted molar refractivity (Wildman–Crippen MR) is 77.3 cm³/mol. The molecule has 0 saturated carbocycles. The maximum Gasteiger partial charge on any atom is 0.0702 e. The first-order valence-electron chi connectivity index (χ1n) is 7.84. The third-order valence-corrected chi connectivity index (χ3v) is 4.93. The average Bonchev–Trinajstić information content (AvgIpc) is 2.48. The van der Waals surface area contributed by atoms with E-state index in [4.69, 9.17) is 15.2 Å². The molecule has 2 N–H and O–H groups in total. The third kappa shape index (κ3) is 3.69. The summed E-state index contributed by atoms with van der Waals surface area (Å²) in [5.41, 5.74) is 6.23. The van der Waals surface area contributed by atoms with Crippen LogP contribution in [0.2, 0.25) is 0 Å². The summed E-state index contributed by atoms with van der Waals surface area (Å²) < 4.78 is 11.7. The first-order valence-corrected chi connectivity index (χ1v) is 7.84. The highest BCUT2D eigenvalue weighted by atomic mass is 16.5. The molecule has 0 aliphatic carbocycles. The van der Waals surface area contributed by atoms with Crippen molar-refractivity contribution in [1.29, 1.82) is 0 Å². The van der Waals surface area contributed by atoms with E-state index in [1.165, 1.54) is 19.3 Å². The Bertz CT molecular complexity index is 269. The fraction of sp³-hybridized carbons (Fsp3) is 1.00. The van der Waals surface area contributed by atoms with Gasteiger partial charge in [0.1, 0.15) is 0 Å². The van der Waals surface area contributed by atoms with E-state index < -0.39 is 0 Å². The van der Waals surface area contributed by atoms with Gasteiger partial charge in [-0.15, -0.1) is 0 Å². The number of likely N-dealkylation sites (N-methyl/N-ethyl adjacent to an activating group) is 1. The normalized spacial score (nSPS) is 36.6. The molecule has 0 radical (unpaired) electrons. The predicted octanol–water partition coefficient (Wildman–Crippen LogP) is 1.77. The van der Waals surface area contributed by atoms with E-state index in [-0.39, 0.29) is 5.54 Å². The van der Waals surface area contributed by atoms with Crippen molar-refractivity contribution in [1.82, 2.24) is 4.90 Å². The Kier molecular flexibility index (Phi) is 5.63. The van der Waals surface area contributed by atoms with Gasteiger partial charge in [-0.25, -0.2) is 0 Å². The Balaban J connectivity index is 1.94. The zero-order valence-electron chi connectivity index (χ0n) is 12.6. The molecule has 0 aromatic heterocycles. The molecular formula is C15H30N2O2. The number of rotatable bonds is 5. The highest BCUT2D eigenvalue weighted by molar-refractivity contribution is 4.95. The number of hydrogen-bond donors (Lipinski definition) is 1. The summed E-state index contributed by atoms with van der Waals surface area (Å²) in [7, 11) is 2.21. The lowest BCUT2D eigenvalue weighted by molar-refractivity contribution is -0.0835. The topological polar surface area (TPSA) is 47.7 Å². The standard InChI is InChI=1S/C15H30N2O2/c1-3-13-10-15(12-16,7-9-19-13)17(2)11-14-6-4-5-8-18-14/h13-14H,3-12,16H2,1-2H3. The maximum absolute atomic E-state index is 6.12. The van der Waals surface area contributed by atoms with Gasteiger partial charge in [0, 0.05) is 31.8 Å². The molecule has 0 aromatic carbocycles. The van der Waals surface area contributed by atoms with Crippen molar-refractivity contribution in [3.05, 3.63) is 0 Å².